The molecule has 3 saturated heterocycles. The topological polar surface area (TPSA) is 153 Å². The van der Waals surface area contributed by atoms with Crippen LogP contribution in [0.4, 0.5) is 36.8 Å². The lowest BCUT2D eigenvalue weighted by molar-refractivity contribution is -0.120. The largest absolute Gasteiger partial charge is 0.370 e. The number of piperazine rings is 1. The maximum absolute atomic E-state index is 15.1. The highest BCUT2D eigenvalue weighted by Crippen LogP contribution is 2.31. The number of pyridine rings is 1. The molecule has 3 aliphatic rings. The second-order valence-electron chi connectivity index (χ2n) is 14.5. The summed E-state index contributed by atoms with van der Waals surface area (Å²) < 4.78 is 32.1. The van der Waals surface area contributed by atoms with E-state index in [9.17, 15) is 9.59 Å². The summed E-state index contributed by atoms with van der Waals surface area (Å²) in [6.45, 7) is 12.5. The van der Waals surface area contributed by atoms with Crippen molar-refractivity contribution in [3.63, 3.8) is 0 Å². The second-order valence-corrected chi connectivity index (χ2v) is 14.5. The third kappa shape index (κ3) is 7.66. The molecule has 3 amide bonds. The van der Waals surface area contributed by atoms with Gasteiger partial charge in [-0.05, 0) is 70.0 Å². The van der Waals surface area contributed by atoms with Crippen molar-refractivity contribution < 1.29 is 18.4 Å². The van der Waals surface area contributed by atoms with Crippen LogP contribution in [0, 0.1) is 18.6 Å². The minimum Gasteiger partial charge on any atom is -0.370 e. The number of carbonyl (C=O) groups is 2. The Morgan fingerprint density at radius 2 is 1.69 bits per heavy atom. The van der Waals surface area contributed by atoms with Crippen LogP contribution in [0.25, 0.3) is 22.3 Å². The number of hydrogen-bond acceptors (Lipinski definition) is 12. The lowest BCUT2D eigenvalue weighted by Gasteiger charge is -2.43. The fourth-order valence-electron chi connectivity index (χ4n) is 7.82. The first-order chi connectivity index (χ1) is 26.6. The van der Waals surface area contributed by atoms with Crippen molar-refractivity contribution in [2.45, 2.75) is 58.7 Å². The second kappa shape index (κ2) is 15.2. The van der Waals surface area contributed by atoms with Crippen LogP contribution in [0.1, 0.15) is 50.7 Å². The zero-order valence-corrected chi connectivity index (χ0v) is 31.0. The maximum Gasteiger partial charge on any atom is 0.329 e. The number of aromatic nitrogens is 7. The molecule has 0 saturated carbocycles. The Bertz CT molecular complexity index is 2200. The number of hydrogen-bond donors (Lipinski definition) is 2. The number of amides is 3. The van der Waals surface area contributed by atoms with E-state index in [-0.39, 0.29) is 35.5 Å². The van der Waals surface area contributed by atoms with E-state index in [0.29, 0.717) is 47.7 Å². The molecule has 55 heavy (non-hydrogen) atoms. The van der Waals surface area contributed by atoms with Crippen molar-refractivity contribution >= 4 is 46.2 Å². The number of halogens is 2. The van der Waals surface area contributed by atoms with Gasteiger partial charge in [0.2, 0.25) is 11.9 Å². The van der Waals surface area contributed by atoms with Crippen LogP contribution in [0.15, 0.2) is 48.8 Å². The van der Waals surface area contributed by atoms with Crippen LogP contribution in [0.3, 0.4) is 0 Å². The van der Waals surface area contributed by atoms with Gasteiger partial charge in [0.05, 0.1) is 29.3 Å². The Hall–Kier alpha value is -5.68. The molecule has 286 valence electrons. The first-order valence-corrected chi connectivity index (χ1v) is 18.7. The van der Waals surface area contributed by atoms with Gasteiger partial charge in [0, 0.05) is 76.4 Å². The Morgan fingerprint density at radius 1 is 0.891 bits per heavy atom. The molecule has 0 bridgehead atoms. The average Bonchev–Trinajstić information content (AvgIpc) is 3.53. The standard InChI is InChI=1S/C38H43F2N13O2/c1-23(2)53-24(3)43-36-29(39)18-25(19-31(36)53)35-30(40)21-42-37(46-35)44-32-6-5-28(20-41-32)50-11-8-27(9-12-50)51-16-14-49(15-17-51)22-26-4-7-33(48-47-26)52-13-10-34(54)45-38(52)55/h4-7,18-21,23,27H,8-17,22H2,1-3H3,(H,45,54,55)(H,41,42,44,46). The summed E-state index contributed by atoms with van der Waals surface area (Å²) in [7, 11) is 0. The number of anilines is 4. The summed E-state index contributed by atoms with van der Waals surface area (Å²) in [6, 6.07) is 10.6. The van der Waals surface area contributed by atoms with Gasteiger partial charge >= 0.3 is 6.03 Å². The lowest BCUT2D eigenvalue weighted by Crippen LogP contribution is -2.53. The highest BCUT2D eigenvalue weighted by Gasteiger charge is 2.29. The molecule has 3 fully saturated rings. The smallest absolute Gasteiger partial charge is 0.329 e. The quantitative estimate of drug-likeness (QED) is 0.212. The number of imide groups is 1. The normalized spacial score (nSPS) is 17.7. The third-order valence-electron chi connectivity index (χ3n) is 10.6. The van der Waals surface area contributed by atoms with Gasteiger partial charge in [0.15, 0.2) is 17.5 Å². The average molecular weight is 752 g/mol. The summed E-state index contributed by atoms with van der Waals surface area (Å²) in [4.78, 5) is 49.8. The molecule has 5 aromatic rings. The molecule has 7 heterocycles. The predicted octanol–water partition coefficient (Wildman–Crippen LogP) is 4.82. The molecule has 1 aromatic carbocycles. The first-order valence-electron chi connectivity index (χ1n) is 18.7. The molecule has 0 unspecified atom stereocenters. The Balaban J connectivity index is 0.825. The summed E-state index contributed by atoms with van der Waals surface area (Å²) >= 11 is 0. The molecule has 0 radical (unpaired) electrons. The molecule has 15 nitrogen and oxygen atoms in total. The molecular formula is C38H43F2N13O2. The van der Waals surface area contributed by atoms with Gasteiger partial charge in [-0.3, -0.25) is 24.8 Å². The zero-order valence-electron chi connectivity index (χ0n) is 31.0. The highest BCUT2D eigenvalue weighted by molar-refractivity contribution is 6.05. The number of carbonyl (C=O) groups excluding carboxylic acids is 2. The van der Waals surface area contributed by atoms with Crippen molar-refractivity contribution in [2.24, 2.45) is 0 Å². The first kappa shape index (κ1) is 36.3. The van der Waals surface area contributed by atoms with Gasteiger partial charge in [-0.2, -0.15) is 5.10 Å². The number of nitrogens with one attached hydrogen (secondary N) is 2. The Labute approximate surface area is 316 Å². The van der Waals surface area contributed by atoms with Gasteiger partial charge in [-0.15, -0.1) is 5.10 Å². The van der Waals surface area contributed by atoms with Gasteiger partial charge < -0.3 is 14.8 Å². The van der Waals surface area contributed by atoms with Crippen molar-refractivity contribution in [1.82, 2.24) is 49.8 Å². The van der Waals surface area contributed by atoms with E-state index in [0.717, 1.165) is 69.7 Å². The fourth-order valence-corrected chi connectivity index (χ4v) is 7.82. The molecule has 0 spiro atoms. The van der Waals surface area contributed by atoms with Crippen LogP contribution >= 0.6 is 0 Å². The van der Waals surface area contributed by atoms with Crippen LogP contribution in [-0.4, -0.2) is 108 Å². The van der Waals surface area contributed by atoms with Crippen molar-refractivity contribution in [2.75, 3.05) is 60.9 Å². The minimum atomic E-state index is -0.658. The molecule has 0 aliphatic carbocycles. The van der Waals surface area contributed by atoms with E-state index < -0.39 is 17.7 Å². The number of fused-ring (bicyclic) bond motifs is 1. The van der Waals surface area contributed by atoms with Crippen molar-refractivity contribution in [3.05, 3.63) is 71.9 Å². The van der Waals surface area contributed by atoms with E-state index in [1.165, 1.54) is 11.0 Å². The van der Waals surface area contributed by atoms with Crippen molar-refractivity contribution in [1.29, 1.82) is 0 Å². The van der Waals surface area contributed by atoms with Gasteiger partial charge in [-0.25, -0.2) is 33.5 Å². The molecule has 2 N–H and O–H groups in total. The van der Waals surface area contributed by atoms with Crippen LogP contribution in [-0.2, 0) is 11.3 Å². The maximum atomic E-state index is 15.1. The zero-order chi connectivity index (χ0) is 38.2. The minimum absolute atomic E-state index is 0.0143. The predicted molar refractivity (Wildman–Crippen MR) is 203 cm³/mol. The number of aryl methyl sites for hydroxylation is 1. The summed E-state index contributed by atoms with van der Waals surface area (Å²) in [5.74, 6) is 0.319. The lowest BCUT2D eigenvalue weighted by atomic mass is 10.0. The van der Waals surface area contributed by atoms with Gasteiger partial charge in [0.1, 0.15) is 22.9 Å². The number of piperidine rings is 1. The fraction of sp³-hybridized carbons (Fsp3) is 0.421. The van der Waals surface area contributed by atoms with Crippen LogP contribution in [0.5, 0.6) is 0 Å². The Kier molecular flexibility index (Phi) is 10.0. The van der Waals surface area contributed by atoms with Crippen molar-refractivity contribution in [3.8, 4) is 11.3 Å². The summed E-state index contributed by atoms with van der Waals surface area (Å²) in [6.07, 6.45) is 5.25. The molecule has 4 aromatic heterocycles. The number of urea groups is 1. The SMILES string of the molecule is Cc1nc2c(F)cc(-c3nc(Nc4ccc(N5CCC(N6CCN(Cc7ccc(N8CCC(=O)NC8=O)nn7)CC6)CC5)cn4)ncc3F)cc2n1C(C)C. The van der Waals surface area contributed by atoms with Gasteiger partial charge in [0.25, 0.3) is 0 Å². The molecule has 8 rings (SSSR count). The van der Waals surface area contributed by atoms with E-state index in [4.69, 9.17) is 0 Å². The monoisotopic (exact) mass is 751 g/mol. The van der Waals surface area contributed by atoms with E-state index in [1.807, 2.05) is 49.7 Å². The molecule has 17 heteroatoms. The van der Waals surface area contributed by atoms with Crippen LogP contribution < -0.4 is 20.4 Å². The number of imidazole rings is 1. The molecular weight excluding hydrogens is 709 g/mol. The van der Waals surface area contributed by atoms with Gasteiger partial charge in [-0.1, -0.05) is 0 Å². The van der Waals surface area contributed by atoms with E-state index >= 15 is 8.78 Å². The van der Waals surface area contributed by atoms with Crippen LogP contribution in [0.2, 0.25) is 0 Å². The number of benzene rings is 1. The highest BCUT2D eigenvalue weighted by atomic mass is 19.1. The number of nitrogens with zero attached hydrogens (tertiary/aromatic N) is 11. The molecule has 0 atom stereocenters. The molecule has 3 aliphatic heterocycles. The summed E-state index contributed by atoms with van der Waals surface area (Å²) in [5, 5.41) is 14.0. The van der Waals surface area contributed by atoms with E-state index in [2.05, 4.69) is 55.5 Å². The van der Waals surface area contributed by atoms with E-state index in [1.54, 1.807) is 12.1 Å². The third-order valence-corrected chi connectivity index (χ3v) is 10.6. The summed E-state index contributed by atoms with van der Waals surface area (Å²) in [5.41, 5.74) is 2.98. The Morgan fingerprint density at radius 3 is 2.38 bits per heavy atom. The number of rotatable bonds is 9.